The van der Waals surface area contributed by atoms with Gasteiger partial charge < -0.3 is 5.73 Å². The second-order valence-electron chi connectivity index (χ2n) is 4.58. The quantitative estimate of drug-likeness (QED) is 0.793. The van der Waals surface area contributed by atoms with E-state index in [1.54, 1.807) is 0 Å². The summed E-state index contributed by atoms with van der Waals surface area (Å²) < 4.78 is 1.92. The van der Waals surface area contributed by atoms with Gasteiger partial charge in [-0.15, -0.1) is 0 Å². The lowest BCUT2D eigenvalue weighted by Gasteiger charge is -2.14. The van der Waals surface area contributed by atoms with E-state index in [0.29, 0.717) is 0 Å². The Morgan fingerprint density at radius 1 is 1.29 bits per heavy atom. The molecule has 0 aliphatic carbocycles. The van der Waals surface area contributed by atoms with Crippen LogP contribution in [0.5, 0.6) is 0 Å². The molecule has 0 radical (unpaired) electrons. The van der Waals surface area contributed by atoms with Crippen LogP contribution in [-0.2, 0) is 26.7 Å². The van der Waals surface area contributed by atoms with Gasteiger partial charge in [0.15, 0.2) is 0 Å². The highest BCUT2D eigenvalue weighted by molar-refractivity contribution is 5.52. The monoisotopic (exact) mass is 228 g/mol. The third kappa shape index (κ3) is 1.80. The fraction of sp³-hybridized carbons (Fsp3) is 0.308. The van der Waals surface area contributed by atoms with Crippen LogP contribution in [-0.4, -0.2) is 14.7 Å². The molecule has 0 saturated heterocycles. The number of benzene rings is 1. The first-order valence-electron chi connectivity index (χ1n) is 5.79. The molecule has 0 amide bonds. The number of aromatic nitrogens is 2. The zero-order chi connectivity index (χ0) is 11.8. The topological polar surface area (TPSA) is 47.1 Å². The summed E-state index contributed by atoms with van der Waals surface area (Å²) in [6.07, 6.45) is 1.84. The minimum Gasteiger partial charge on any atom is -0.398 e. The lowest BCUT2D eigenvalue weighted by Crippen LogP contribution is -2.17. The molecule has 1 aromatic heterocycles. The summed E-state index contributed by atoms with van der Waals surface area (Å²) in [5.41, 5.74) is 10.8. The summed E-state index contributed by atoms with van der Waals surface area (Å²) in [4.78, 5) is 2.39. The molecule has 17 heavy (non-hydrogen) atoms. The number of nitrogens with zero attached hydrogens (tertiary/aromatic N) is 3. The molecule has 0 bridgehead atoms. The second kappa shape index (κ2) is 3.89. The van der Waals surface area contributed by atoms with E-state index in [9.17, 15) is 0 Å². The van der Waals surface area contributed by atoms with Gasteiger partial charge in [0.1, 0.15) is 0 Å². The molecule has 0 unspecified atom stereocenters. The SMILES string of the molecule is Cn1nccc1CN1Cc2cccc(N)c2C1. The molecule has 3 rings (SSSR count). The van der Waals surface area contributed by atoms with Crippen LogP contribution < -0.4 is 5.73 Å². The van der Waals surface area contributed by atoms with Gasteiger partial charge in [-0.2, -0.15) is 5.10 Å². The average Bonchev–Trinajstić information content (AvgIpc) is 2.87. The number of nitrogens with two attached hydrogens (primary N) is 1. The lowest BCUT2D eigenvalue weighted by atomic mass is 10.1. The van der Waals surface area contributed by atoms with Gasteiger partial charge in [0, 0.05) is 38.6 Å². The first-order valence-corrected chi connectivity index (χ1v) is 5.79. The van der Waals surface area contributed by atoms with Crippen molar-refractivity contribution in [3.63, 3.8) is 0 Å². The number of fused-ring (bicyclic) bond motifs is 1. The van der Waals surface area contributed by atoms with E-state index in [-0.39, 0.29) is 0 Å². The maximum Gasteiger partial charge on any atom is 0.0521 e. The summed E-state index contributed by atoms with van der Waals surface area (Å²) in [6.45, 7) is 2.84. The molecule has 0 fully saturated rings. The molecule has 1 aliphatic rings. The number of rotatable bonds is 2. The summed E-state index contributed by atoms with van der Waals surface area (Å²) >= 11 is 0. The minimum absolute atomic E-state index is 0.912. The van der Waals surface area contributed by atoms with Crippen LogP contribution in [0.3, 0.4) is 0 Å². The number of nitrogen functional groups attached to an aromatic ring is 1. The smallest absolute Gasteiger partial charge is 0.0521 e. The summed E-state index contributed by atoms with van der Waals surface area (Å²) in [7, 11) is 1.98. The molecule has 2 heterocycles. The van der Waals surface area contributed by atoms with Crippen molar-refractivity contribution in [1.29, 1.82) is 0 Å². The molecular weight excluding hydrogens is 212 g/mol. The van der Waals surface area contributed by atoms with Crippen LogP contribution in [0.1, 0.15) is 16.8 Å². The zero-order valence-electron chi connectivity index (χ0n) is 9.93. The lowest BCUT2D eigenvalue weighted by molar-refractivity contribution is 0.268. The molecule has 4 nitrogen and oxygen atoms in total. The highest BCUT2D eigenvalue weighted by Crippen LogP contribution is 2.28. The Bertz CT molecular complexity index is 542. The van der Waals surface area contributed by atoms with Crippen LogP contribution >= 0.6 is 0 Å². The van der Waals surface area contributed by atoms with Gasteiger partial charge in [-0.25, -0.2) is 0 Å². The van der Waals surface area contributed by atoms with E-state index >= 15 is 0 Å². The van der Waals surface area contributed by atoms with E-state index in [1.165, 1.54) is 16.8 Å². The molecule has 1 aromatic carbocycles. The molecule has 1 aliphatic heterocycles. The van der Waals surface area contributed by atoms with E-state index in [1.807, 2.05) is 30.1 Å². The number of hydrogen-bond acceptors (Lipinski definition) is 3. The third-order valence-electron chi connectivity index (χ3n) is 3.39. The van der Waals surface area contributed by atoms with Gasteiger partial charge >= 0.3 is 0 Å². The van der Waals surface area contributed by atoms with Gasteiger partial charge in [0.25, 0.3) is 0 Å². The molecule has 4 heteroatoms. The van der Waals surface area contributed by atoms with Crippen molar-refractivity contribution in [3.05, 3.63) is 47.3 Å². The van der Waals surface area contributed by atoms with Crippen molar-refractivity contribution in [3.8, 4) is 0 Å². The average molecular weight is 228 g/mol. The highest BCUT2D eigenvalue weighted by atomic mass is 15.3. The normalized spacial score (nSPS) is 15.1. The van der Waals surface area contributed by atoms with Crippen molar-refractivity contribution in [1.82, 2.24) is 14.7 Å². The Morgan fingerprint density at radius 2 is 2.18 bits per heavy atom. The second-order valence-corrected chi connectivity index (χ2v) is 4.58. The van der Waals surface area contributed by atoms with Gasteiger partial charge in [-0.1, -0.05) is 12.1 Å². The summed E-state index contributed by atoms with van der Waals surface area (Å²) in [5, 5.41) is 4.19. The zero-order valence-corrected chi connectivity index (χ0v) is 9.93. The van der Waals surface area contributed by atoms with Crippen molar-refractivity contribution in [2.45, 2.75) is 19.6 Å². The van der Waals surface area contributed by atoms with Crippen LogP contribution in [0.4, 0.5) is 5.69 Å². The maximum absolute atomic E-state index is 5.99. The molecule has 2 N–H and O–H groups in total. The van der Waals surface area contributed by atoms with Gasteiger partial charge in [0.2, 0.25) is 0 Å². The first kappa shape index (κ1) is 10.4. The Morgan fingerprint density at radius 3 is 2.88 bits per heavy atom. The molecule has 88 valence electrons. The molecule has 2 aromatic rings. The molecule has 0 saturated carbocycles. The Hall–Kier alpha value is -1.81. The fourth-order valence-corrected chi connectivity index (χ4v) is 2.41. The Balaban J connectivity index is 1.79. The van der Waals surface area contributed by atoms with E-state index in [0.717, 1.165) is 25.3 Å². The third-order valence-corrected chi connectivity index (χ3v) is 3.39. The van der Waals surface area contributed by atoms with E-state index in [2.05, 4.69) is 22.1 Å². The summed E-state index contributed by atoms with van der Waals surface area (Å²) in [5.74, 6) is 0. The maximum atomic E-state index is 5.99. The van der Waals surface area contributed by atoms with Crippen LogP contribution in [0.15, 0.2) is 30.5 Å². The van der Waals surface area contributed by atoms with Crippen molar-refractivity contribution >= 4 is 5.69 Å². The fourth-order valence-electron chi connectivity index (χ4n) is 2.41. The van der Waals surface area contributed by atoms with E-state index in [4.69, 9.17) is 5.73 Å². The van der Waals surface area contributed by atoms with Crippen molar-refractivity contribution < 1.29 is 0 Å². The standard InChI is InChI=1S/C13H16N4/c1-16-11(5-6-15-16)8-17-7-10-3-2-4-13(14)12(10)9-17/h2-6H,7-9,14H2,1H3. The van der Waals surface area contributed by atoms with Gasteiger partial charge in [-0.05, 0) is 23.3 Å². The van der Waals surface area contributed by atoms with Gasteiger partial charge in [0.05, 0.1) is 5.69 Å². The number of hydrogen-bond donors (Lipinski definition) is 1. The van der Waals surface area contributed by atoms with Crippen LogP contribution in [0.25, 0.3) is 0 Å². The van der Waals surface area contributed by atoms with E-state index < -0.39 is 0 Å². The predicted molar refractivity (Wildman–Crippen MR) is 67.0 cm³/mol. The Labute approximate surface area is 101 Å². The number of aryl methyl sites for hydroxylation is 1. The largest absolute Gasteiger partial charge is 0.398 e. The van der Waals surface area contributed by atoms with Crippen LogP contribution in [0.2, 0.25) is 0 Å². The predicted octanol–water partition coefficient (Wildman–Crippen LogP) is 1.52. The summed E-state index contributed by atoms with van der Waals surface area (Å²) in [6, 6.07) is 8.23. The Kier molecular flexibility index (Phi) is 2.37. The number of anilines is 1. The molecule has 0 atom stereocenters. The van der Waals surface area contributed by atoms with Crippen molar-refractivity contribution in [2.24, 2.45) is 7.05 Å². The molecule has 0 spiro atoms. The van der Waals surface area contributed by atoms with Gasteiger partial charge in [-0.3, -0.25) is 9.58 Å². The van der Waals surface area contributed by atoms with Crippen molar-refractivity contribution in [2.75, 3.05) is 5.73 Å². The first-order chi connectivity index (χ1) is 8.24. The molecular formula is C13H16N4. The van der Waals surface area contributed by atoms with Crippen LogP contribution in [0, 0.1) is 0 Å². The minimum atomic E-state index is 0.912. The highest BCUT2D eigenvalue weighted by Gasteiger charge is 2.21.